The molecule has 1 aliphatic rings. The number of thioether (sulfide) groups is 1. The number of benzene rings is 1. The average Bonchev–Trinajstić information content (AvgIpc) is 2.70. The van der Waals surface area contributed by atoms with Crippen LogP contribution in [0.3, 0.4) is 0 Å². The van der Waals surface area contributed by atoms with E-state index in [0.29, 0.717) is 9.23 Å². The topological polar surface area (TPSA) is 74.7 Å². The fourth-order valence-electron chi connectivity index (χ4n) is 2.13. The SMILES string of the molecule is CC(C)(C)c1ccc(/C=C2\SC(=S)N(CCS(=O)(=O)O)C2=O)cc1. The predicted molar refractivity (Wildman–Crippen MR) is 101 cm³/mol. The van der Waals surface area contributed by atoms with Gasteiger partial charge in [0.15, 0.2) is 0 Å². The van der Waals surface area contributed by atoms with Gasteiger partial charge in [0, 0.05) is 6.54 Å². The summed E-state index contributed by atoms with van der Waals surface area (Å²) in [5, 5.41) is 0. The van der Waals surface area contributed by atoms with E-state index in [1.54, 1.807) is 6.08 Å². The van der Waals surface area contributed by atoms with Crippen molar-refractivity contribution in [3.05, 3.63) is 40.3 Å². The number of hydrogen-bond acceptors (Lipinski definition) is 5. The molecule has 0 bridgehead atoms. The van der Waals surface area contributed by atoms with Gasteiger partial charge in [-0.15, -0.1) is 0 Å². The summed E-state index contributed by atoms with van der Waals surface area (Å²) in [6.07, 6.45) is 1.74. The van der Waals surface area contributed by atoms with Gasteiger partial charge in [0.25, 0.3) is 16.0 Å². The number of carbonyl (C=O) groups is 1. The van der Waals surface area contributed by atoms with Crippen LogP contribution in [0.2, 0.25) is 0 Å². The lowest BCUT2D eigenvalue weighted by Crippen LogP contribution is -2.32. The van der Waals surface area contributed by atoms with Crippen molar-refractivity contribution in [2.24, 2.45) is 0 Å². The molecule has 1 aromatic carbocycles. The molecular weight excluding hydrogens is 366 g/mol. The van der Waals surface area contributed by atoms with Crippen LogP contribution in [0, 0.1) is 0 Å². The van der Waals surface area contributed by atoms with Crippen molar-refractivity contribution >= 4 is 50.4 Å². The number of carbonyl (C=O) groups excluding carboxylic acids is 1. The highest BCUT2D eigenvalue weighted by atomic mass is 32.2. The third kappa shape index (κ3) is 4.89. The summed E-state index contributed by atoms with van der Waals surface area (Å²) < 4.78 is 30.8. The van der Waals surface area contributed by atoms with Crippen molar-refractivity contribution < 1.29 is 17.8 Å². The Bertz CT molecular complexity index is 790. The predicted octanol–water partition coefficient (Wildman–Crippen LogP) is 3.07. The fraction of sp³-hybridized carbons (Fsp3) is 0.375. The van der Waals surface area contributed by atoms with Gasteiger partial charge < -0.3 is 0 Å². The van der Waals surface area contributed by atoms with Gasteiger partial charge in [-0.3, -0.25) is 14.2 Å². The van der Waals surface area contributed by atoms with E-state index < -0.39 is 15.9 Å². The second-order valence-corrected chi connectivity index (χ2v) is 9.74. The second-order valence-electron chi connectivity index (χ2n) is 6.49. The van der Waals surface area contributed by atoms with E-state index in [0.717, 1.165) is 17.3 Å². The lowest BCUT2D eigenvalue weighted by atomic mass is 9.87. The van der Waals surface area contributed by atoms with E-state index in [2.05, 4.69) is 20.8 Å². The summed E-state index contributed by atoms with van der Waals surface area (Å²) in [7, 11) is -4.14. The first-order valence-corrected chi connectivity index (χ1v) is 10.1. The highest BCUT2D eigenvalue weighted by molar-refractivity contribution is 8.26. The summed E-state index contributed by atoms with van der Waals surface area (Å²) in [6, 6.07) is 7.91. The largest absolute Gasteiger partial charge is 0.292 e. The van der Waals surface area contributed by atoms with Crippen LogP contribution in [-0.2, 0) is 20.3 Å². The van der Waals surface area contributed by atoms with Crippen LogP contribution >= 0.6 is 24.0 Å². The van der Waals surface area contributed by atoms with Crippen LogP contribution < -0.4 is 0 Å². The van der Waals surface area contributed by atoms with E-state index >= 15 is 0 Å². The van der Waals surface area contributed by atoms with E-state index in [-0.39, 0.29) is 17.9 Å². The number of rotatable bonds is 4. The van der Waals surface area contributed by atoms with Gasteiger partial charge in [-0.05, 0) is 22.6 Å². The molecule has 1 fully saturated rings. The number of thiocarbonyl (C=S) groups is 1. The molecule has 1 heterocycles. The van der Waals surface area contributed by atoms with Crippen molar-refractivity contribution in [2.75, 3.05) is 12.3 Å². The summed E-state index contributed by atoms with van der Waals surface area (Å²) in [4.78, 5) is 14.0. The molecule has 130 valence electrons. The Balaban J connectivity index is 2.16. The summed E-state index contributed by atoms with van der Waals surface area (Å²) in [6.45, 7) is 6.23. The van der Waals surface area contributed by atoms with Gasteiger partial charge in [0.05, 0.1) is 10.7 Å². The maximum atomic E-state index is 12.3. The lowest BCUT2D eigenvalue weighted by molar-refractivity contribution is -0.121. The Morgan fingerprint density at radius 1 is 1.25 bits per heavy atom. The average molecular weight is 386 g/mol. The van der Waals surface area contributed by atoms with Gasteiger partial charge in [-0.1, -0.05) is 69.0 Å². The second kappa shape index (κ2) is 6.95. The minimum Gasteiger partial charge on any atom is -0.292 e. The Kier molecular flexibility index (Phi) is 5.54. The van der Waals surface area contributed by atoms with Crippen LogP contribution in [-0.4, -0.2) is 40.4 Å². The molecule has 0 spiro atoms. The van der Waals surface area contributed by atoms with Crippen molar-refractivity contribution in [1.82, 2.24) is 4.90 Å². The lowest BCUT2D eigenvalue weighted by Gasteiger charge is -2.18. The summed E-state index contributed by atoms with van der Waals surface area (Å²) >= 11 is 6.25. The first kappa shape index (κ1) is 19.1. The molecule has 1 N–H and O–H groups in total. The monoisotopic (exact) mass is 385 g/mol. The molecule has 24 heavy (non-hydrogen) atoms. The molecule has 0 aliphatic carbocycles. The summed E-state index contributed by atoms with van der Waals surface area (Å²) in [5.41, 5.74) is 2.12. The van der Waals surface area contributed by atoms with Crippen LogP contribution in [0.1, 0.15) is 31.9 Å². The van der Waals surface area contributed by atoms with Crippen molar-refractivity contribution in [3.8, 4) is 0 Å². The fourth-order valence-corrected chi connectivity index (χ4v) is 3.85. The Labute approximate surface area is 151 Å². The quantitative estimate of drug-likeness (QED) is 0.488. The van der Waals surface area contributed by atoms with Crippen molar-refractivity contribution in [1.29, 1.82) is 0 Å². The maximum Gasteiger partial charge on any atom is 0.266 e. The molecule has 1 aromatic rings. The van der Waals surface area contributed by atoms with Gasteiger partial charge in [-0.2, -0.15) is 8.42 Å². The van der Waals surface area contributed by atoms with E-state index in [9.17, 15) is 13.2 Å². The Hall–Kier alpha value is -1.22. The first-order chi connectivity index (χ1) is 11.0. The smallest absolute Gasteiger partial charge is 0.266 e. The molecule has 2 rings (SSSR count). The molecule has 1 aliphatic heterocycles. The zero-order chi connectivity index (χ0) is 18.1. The van der Waals surface area contributed by atoms with Crippen molar-refractivity contribution in [2.45, 2.75) is 26.2 Å². The number of hydrogen-bond donors (Lipinski definition) is 1. The van der Waals surface area contributed by atoms with Crippen LogP contribution in [0.15, 0.2) is 29.2 Å². The maximum absolute atomic E-state index is 12.3. The first-order valence-electron chi connectivity index (χ1n) is 7.28. The molecule has 0 aromatic heterocycles. The Morgan fingerprint density at radius 2 is 1.83 bits per heavy atom. The minimum atomic E-state index is -4.14. The number of nitrogens with zero attached hydrogens (tertiary/aromatic N) is 1. The highest BCUT2D eigenvalue weighted by Gasteiger charge is 2.32. The zero-order valence-corrected chi connectivity index (χ0v) is 16.1. The van der Waals surface area contributed by atoms with Crippen LogP contribution in [0.4, 0.5) is 0 Å². The molecule has 5 nitrogen and oxygen atoms in total. The van der Waals surface area contributed by atoms with Crippen LogP contribution in [0.25, 0.3) is 6.08 Å². The number of amides is 1. The molecule has 0 atom stereocenters. The van der Waals surface area contributed by atoms with Gasteiger partial charge >= 0.3 is 0 Å². The van der Waals surface area contributed by atoms with E-state index in [1.165, 1.54) is 10.5 Å². The molecule has 8 heteroatoms. The molecule has 1 amide bonds. The van der Waals surface area contributed by atoms with Gasteiger partial charge in [0.1, 0.15) is 4.32 Å². The highest BCUT2D eigenvalue weighted by Crippen LogP contribution is 2.32. The third-order valence-electron chi connectivity index (χ3n) is 3.52. The van der Waals surface area contributed by atoms with Gasteiger partial charge in [0.2, 0.25) is 0 Å². The minimum absolute atomic E-state index is 0.0533. The standard InChI is InChI=1S/C16H19NO4S3/c1-16(2,3)12-6-4-11(5-7-12)10-13-14(18)17(15(22)23-13)8-9-24(19,20)21/h4-7,10H,8-9H2,1-3H3,(H,19,20,21)/b13-10-. The normalized spacial score (nSPS) is 17.8. The van der Waals surface area contributed by atoms with E-state index in [1.807, 2.05) is 24.3 Å². The molecular formula is C16H19NO4S3. The molecule has 1 saturated heterocycles. The van der Waals surface area contributed by atoms with Crippen molar-refractivity contribution in [3.63, 3.8) is 0 Å². The molecule has 0 radical (unpaired) electrons. The molecule has 0 saturated carbocycles. The van der Waals surface area contributed by atoms with Crippen LogP contribution in [0.5, 0.6) is 0 Å². The van der Waals surface area contributed by atoms with Gasteiger partial charge in [-0.25, -0.2) is 0 Å². The zero-order valence-electron chi connectivity index (χ0n) is 13.6. The van der Waals surface area contributed by atoms with E-state index in [4.69, 9.17) is 16.8 Å². The summed E-state index contributed by atoms with van der Waals surface area (Å²) in [5.74, 6) is -0.874. The molecule has 0 unspecified atom stereocenters. The Morgan fingerprint density at radius 3 is 2.33 bits per heavy atom. The third-order valence-corrected chi connectivity index (χ3v) is 5.60.